The fraction of sp³-hybridized carbons (Fsp3) is 0.647. The van der Waals surface area contributed by atoms with E-state index in [9.17, 15) is 0 Å². The highest BCUT2D eigenvalue weighted by atomic mass is 16.5. The first-order chi connectivity index (χ1) is 9.86. The molecule has 0 amide bonds. The third kappa shape index (κ3) is 3.15. The average Bonchev–Trinajstić information content (AvgIpc) is 2.53. The molecule has 0 radical (unpaired) electrons. The van der Waals surface area contributed by atoms with E-state index in [0.717, 1.165) is 31.8 Å². The van der Waals surface area contributed by atoms with Gasteiger partial charge in [0.25, 0.3) is 0 Å². The molecule has 3 heteroatoms. The summed E-state index contributed by atoms with van der Waals surface area (Å²) in [7, 11) is 1.80. The van der Waals surface area contributed by atoms with Crippen molar-refractivity contribution in [3.63, 3.8) is 0 Å². The molecule has 110 valence electrons. The Labute approximate surface area is 122 Å². The van der Waals surface area contributed by atoms with Crippen molar-refractivity contribution in [3.8, 4) is 5.75 Å². The molecule has 20 heavy (non-hydrogen) atoms. The number of aryl methyl sites for hydroxylation is 2. The highest BCUT2D eigenvalue weighted by Crippen LogP contribution is 2.29. The number of nitrogens with one attached hydrogen (secondary N) is 1. The lowest BCUT2D eigenvalue weighted by Crippen LogP contribution is -2.44. The van der Waals surface area contributed by atoms with Crippen molar-refractivity contribution in [2.45, 2.75) is 32.1 Å². The van der Waals surface area contributed by atoms with Crippen molar-refractivity contribution in [3.05, 3.63) is 28.8 Å². The molecule has 0 saturated carbocycles. The number of methoxy groups -OCH3 is 1. The van der Waals surface area contributed by atoms with Crippen LogP contribution in [-0.2, 0) is 19.3 Å². The molecule has 3 rings (SSSR count). The van der Waals surface area contributed by atoms with E-state index in [1.165, 1.54) is 49.9 Å². The minimum Gasteiger partial charge on any atom is -0.496 e. The molecule has 0 atom stereocenters. The van der Waals surface area contributed by atoms with E-state index in [0.29, 0.717) is 0 Å². The molecule has 0 spiro atoms. The molecular weight excluding hydrogens is 248 g/mol. The molecule has 1 aromatic rings. The summed E-state index contributed by atoms with van der Waals surface area (Å²) in [4.78, 5) is 2.55. The molecule has 1 N–H and O–H groups in total. The van der Waals surface area contributed by atoms with Crippen LogP contribution in [0.3, 0.4) is 0 Å². The Morgan fingerprint density at radius 1 is 1.10 bits per heavy atom. The van der Waals surface area contributed by atoms with Gasteiger partial charge in [-0.25, -0.2) is 0 Å². The molecule has 1 aromatic carbocycles. The third-order valence-corrected chi connectivity index (χ3v) is 4.65. The lowest BCUT2D eigenvalue weighted by molar-refractivity contribution is 0.243. The normalized spacial score (nSPS) is 19.6. The van der Waals surface area contributed by atoms with Gasteiger partial charge in [-0.1, -0.05) is 6.07 Å². The van der Waals surface area contributed by atoms with Crippen molar-refractivity contribution in [2.75, 3.05) is 39.8 Å². The molecule has 0 aromatic heterocycles. The quantitative estimate of drug-likeness (QED) is 0.909. The standard InChI is InChI=1S/C17H26N2O/c1-20-17-13-15-5-3-2-4-14(15)12-16(17)6-9-19-10-7-18-8-11-19/h12-13,18H,2-11H2,1H3. The third-order valence-electron chi connectivity index (χ3n) is 4.65. The van der Waals surface area contributed by atoms with E-state index in [1.54, 1.807) is 12.7 Å². The minimum atomic E-state index is 1.10. The minimum absolute atomic E-state index is 1.10. The van der Waals surface area contributed by atoms with Gasteiger partial charge in [-0.15, -0.1) is 0 Å². The molecular formula is C17H26N2O. The van der Waals surface area contributed by atoms with Gasteiger partial charge in [-0.2, -0.15) is 0 Å². The smallest absolute Gasteiger partial charge is 0.122 e. The maximum absolute atomic E-state index is 5.62. The number of hydrogen-bond donors (Lipinski definition) is 1. The fourth-order valence-electron chi connectivity index (χ4n) is 3.41. The van der Waals surface area contributed by atoms with E-state index < -0.39 is 0 Å². The van der Waals surface area contributed by atoms with Gasteiger partial charge < -0.3 is 15.0 Å². The maximum Gasteiger partial charge on any atom is 0.122 e. The molecule has 3 nitrogen and oxygen atoms in total. The Bertz CT molecular complexity index is 453. The first-order valence-electron chi connectivity index (χ1n) is 7.98. The molecule has 2 aliphatic rings. The monoisotopic (exact) mass is 274 g/mol. The van der Waals surface area contributed by atoms with Gasteiger partial charge in [0.2, 0.25) is 0 Å². The summed E-state index contributed by atoms with van der Waals surface area (Å²) >= 11 is 0. The summed E-state index contributed by atoms with van der Waals surface area (Å²) in [5, 5.41) is 3.41. The summed E-state index contributed by atoms with van der Waals surface area (Å²) in [6.07, 6.45) is 6.26. The van der Waals surface area contributed by atoms with E-state index in [-0.39, 0.29) is 0 Å². The number of hydrogen-bond acceptors (Lipinski definition) is 3. The number of fused-ring (bicyclic) bond motifs is 1. The summed E-state index contributed by atoms with van der Waals surface area (Å²) in [6, 6.07) is 4.71. The summed E-state index contributed by atoms with van der Waals surface area (Å²) in [6.45, 7) is 5.75. The van der Waals surface area contributed by atoms with E-state index >= 15 is 0 Å². The molecule has 1 heterocycles. The molecule has 0 unspecified atom stereocenters. The molecule has 1 saturated heterocycles. The Morgan fingerprint density at radius 2 is 1.80 bits per heavy atom. The molecule has 1 aliphatic heterocycles. The Kier molecular flexibility index (Phi) is 4.58. The molecule has 1 aliphatic carbocycles. The van der Waals surface area contributed by atoms with Gasteiger partial charge in [0, 0.05) is 32.7 Å². The van der Waals surface area contributed by atoms with E-state index in [1.807, 2.05) is 0 Å². The van der Waals surface area contributed by atoms with Crippen molar-refractivity contribution in [1.82, 2.24) is 10.2 Å². The van der Waals surface area contributed by atoms with Gasteiger partial charge in [-0.3, -0.25) is 0 Å². The van der Waals surface area contributed by atoms with Crippen LogP contribution in [0.2, 0.25) is 0 Å². The second-order valence-corrected chi connectivity index (χ2v) is 5.98. The average molecular weight is 274 g/mol. The second-order valence-electron chi connectivity index (χ2n) is 5.98. The van der Waals surface area contributed by atoms with Gasteiger partial charge >= 0.3 is 0 Å². The lowest BCUT2D eigenvalue weighted by Gasteiger charge is -2.27. The van der Waals surface area contributed by atoms with Gasteiger partial charge in [0.15, 0.2) is 0 Å². The van der Waals surface area contributed by atoms with Crippen LogP contribution >= 0.6 is 0 Å². The molecule has 1 fully saturated rings. The van der Waals surface area contributed by atoms with Crippen molar-refractivity contribution >= 4 is 0 Å². The second kappa shape index (κ2) is 6.59. The highest BCUT2D eigenvalue weighted by molar-refractivity contribution is 5.44. The van der Waals surface area contributed by atoms with E-state index in [2.05, 4.69) is 22.3 Å². The van der Waals surface area contributed by atoms with Crippen LogP contribution in [0.4, 0.5) is 0 Å². The first kappa shape index (κ1) is 13.9. The van der Waals surface area contributed by atoms with Crippen LogP contribution in [0.1, 0.15) is 29.5 Å². The van der Waals surface area contributed by atoms with Crippen LogP contribution in [0, 0.1) is 0 Å². The van der Waals surface area contributed by atoms with Crippen LogP contribution in [0.25, 0.3) is 0 Å². The number of piperazine rings is 1. The van der Waals surface area contributed by atoms with Crippen LogP contribution < -0.4 is 10.1 Å². The van der Waals surface area contributed by atoms with Gasteiger partial charge in [0.1, 0.15) is 5.75 Å². The maximum atomic E-state index is 5.62. The van der Waals surface area contributed by atoms with Gasteiger partial charge in [0.05, 0.1) is 7.11 Å². The van der Waals surface area contributed by atoms with Crippen molar-refractivity contribution in [1.29, 1.82) is 0 Å². The molecule has 0 bridgehead atoms. The number of nitrogens with zero attached hydrogens (tertiary/aromatic N) is 1. The predicted molar refractivity (Wildman–Crippen MR) is 82.6 cm³/mol. The van der Waals surface area contributed by atoms with Crippen LogP contribution in [0.15, 0.2) is 12.1 Å². The summed E-state index contributed by atoms with van der Waals surface area (Å²) < 4.78 is 5.62. The van der Waals surface area contributed by atoms with Crippen molar-refractivity contribution < 1.29 is 4.74 Å². The fourth-order valence-corrected chi connectivity index (χ4v) is 3.41. The number of rotatable bonds is 4. The van der Waals surface area contributed by atoms with Gasteiger partial charge in [-0.05, 0) is 54.9 Å². The zero-order chi connectivity index (χ0) is 13.8. The van der Waals surface area contributed by atoms with E-state index in [4.69, 9.17) is 4.74 Å². The first-order valence-corrected chi connectivity index (χ1v) is 7.98. The van der Waals surface area contributed by atoms with Crippen LogP contribution in [0.5, 0.6) is 5.75 Å². The Morgan fingerprint density at radius 3 is 2.50 bits per heavy atom. The summed E-state index contributed by atoms with van der Waals surface area (Å²) in [5.41, 5.74) is 4.47. The summed E-state index contributed by atoms with van der Waals surface area (Å²) in [5.74, 6) is 1.10. The lowest BCUT2D eigenvalue weighted by atomic mass is 9.89. The van der Waals surface area contributed by atoms with Crippen molar-refractivity contribution in [2.24, 2.45) is 0 Å². The number of ether oxygens (including phenoxy) is 1. The Hall–Kier alpha value is -1.06. The largest absolute Gasteiger partial charge is 0.496 e. The Balaban J connectivity index is 1.70. The predicted octanol–water partition coefficient (Wildman–Crippen LogP) is 2.02. The zero-order valence-electron chi connectivity index (χ0n) is 12.6. The topological polar surface area (TPSA) is 24.5 Å². The van der Waals surface area contributed by atoms with Crippen LogP contribution in [-0.4, -0.2) is 44.7 Å². The number of benzene rings is 1. The SMILES string of the molecule is COc1cc2c(cc1CCN1CCNCC1)CCCC2. The zero-order valence-corrected chi connectivity index (χ0v) is 12.6. The highest BCUT2D eigenvalue weighted by Gasteiger charge is 2.15.